The van der Waals surface area contributed by atoms with Crippen LogP contribution in [0.25, 0.3) is 0 Å². The second-order valence-corrected chi connectivity index (χ2v) is 5.10. The average molecular weight is 234 g/mol. The Bertz CT molecular complexity index is 308. The largest absolute Gasteiger partial charge is 0.324 e. The third kappa shape index (κ3) is 4.14. The molecule has 0 heterocycles. The van der Waals surface area contributed by atoms with Gasteiger partial charge in [0.2, 0.25) is 0 Å². The Balaban J connectivity index is 2.61. The molecule has 2 heteroatoms. The van der Waals surface area contributed by atoms with Gasteiger partial charge in [0.05, 0.1) is 0 Å². The van der Waals surface area contributed by atoms with Crippen LogP contribution in [-0.4, -0.2) is 24.0 Å². The fourth-order valence-electron chi connectivity index (χ4n) is 2.19. The Morgan fingerprint density at radius 3 is 2.18 bits per heavy atom. The lowest BCUT2D eigenvalue weighted by atomic mass is 9.94. The SMILES string of the molecule is CCN(CC(C)C(N)c1ccccc1)C(C)C. The van der Waals surface area contributed by atoms with Crippen molar-refractivity contribution in [2.24, 2.45) is 11.7 Å². The standard InChI is InChI=1S/C15H26N2/c1-5-17(12(2)3)11-13(4)15(16)14-9-7-6-8-10-14/h6-10,12-13,15H,5,11,16H2,1-4H3. The summed E-state index contributed by atoms with van der Waals surface area (Å²) in [6, 6.07) is 11.1. The van der Waals surface area contributed by atoms with E-state index in [1.54, 1.807) is 0 Å². The van der Waals surface area contributed by atoms with Crippen molar-refractivity contribution in [3.05, 3.63) is 35.9 Å². The van der Waals surface area contributed by atoms with E-state index in [0.717, 1.165) is 13.1 Å². The van der Waals surface area contributed by atoms with E-state index < -0.39 is 0 Å². The van der Waals surface area contributed by atoms with E-state index in [-0.39, 0.29) is 6.04 Å². The Morgan fingerprint density at radius 2 is 1.71 bits per heavy atom. The van der Waals surface area contributed by atoms with Crippen LogP contribution in [0.1, 0.15) is 39.3 Å². The van der Waals surface area contributed by atoms with Gasteiger partial charge in [-0.1, -0.05) is 44.2 Å². The monoisotopic (exact) mass is 234 g/mol. The average Bonchev–Trinajstić information content (AvgIpc) is 2.35. The lowest BCUT2D eigenvalue weighted by Gasteiger charge is -2.30. The fourth-order valence-corrected chi connectivity index (χ4v) is 2.19. The highest BCUT2D eigenvalue weighted by Gasteiger charge is 2.18. The third-order valence-corrected chi connectivity index (χ3v) is 3.46. The number of nitrogens with zero attached hydrogens (tertiary/aromatic N) is 1. The third-order valence-electron chi connectivity index (χ3n) is 3.46. The molecule has 0 aliphatic carbocycles. The van der Waals surface area contributed by atoms with Crippen molar-refractivity contribution in [1.29, 1.82) is 0 Å². The molecule has 0 amide bonds. The van der Waals surface area contributed by atoms with Crippen LogP contribution in [0.2, 0.25) is 0 Å². The summed E-state index contributed by atoms with van der Waals surface area (Å²) in [7, 11) is 0. The molecule has 0 aliphatic rings. The molecule has 1 aromatic carbocycles. The van der Waals surface area contributed by atoms with Crippen LogP contribution in [0.3, 0.4) is 0 Å². The number of hydrogen-bond donors (Lipinski definition) is 1. The first kappa shape index (κ1) is 14.2. The number of benzene rings is 1. The molecule has 1 aromatic rings. The maximum atomic E-state index is 6.31. The normalized spacial score (nSPS) is 15.2. The molecule has 17 heavy (non-hydrogen) atoms. The first-order chi connectivity index (χ1) is 8.06. The second-order valence-electron chi connectivity index (χ2n) is 5.10. The number of nitrogens with two attached hydrogens (primary N) is 1. The van der Waals surface area contributed by atoms with Crippen LogP contribution in [0.5, 0.6) is 0 Å². The first-order valence-electron chi connectivity index (χ1n) is 6.60. The minimum atomic E-state index is 0.129. The molecular weight excluding hydrogens is 208 g/mol. The van der Waals surface area contributed by atoms with Gasteiger partial charge in [-0.2, -0.15) is 0 Å². The van der Waals surface area contributed by atoms with E-state index in [9.17, 15) is 0 Å². The predicted molar refractivity (Wildman–Crippen MR) is 74.9 cm³/mol. The van der Waals surface area contributed by atoms with Crippen LogP contribution in [0, 0.1) is 5.92 Å². The quantitative estimate of drug-likeness (QED) is 0.819. The van der Waals surface area contributed by atoms with Crippen LogP contribution in [0.4, 0.5) is 0 Å². The zero-order chi connectivity index (χ0) is 12.8. The van der Waals surface area contributed by atoms with Crippen LogP contribution in [-0.2, 0) is 0 Å². The van der Waals surface area contributed by atoms with E-state index in [1.165, 1.54) is 5.56 Å². The second kappa shape index (κ2) is 6.77. The minimum absolute atomic E-state index is 0.129. The van der Waals surface area contributed by atoms with E-state index in [2.05, 4.69) is 56.9 Å². The molecule has 2 atom stereocenters. The number of rotatable bonds is 6. The summed E-state index contributed by atoms with van der Waals surface area (Å²) in [5.74, 6) is 0.472. The molecule has 0 spiro atoms. The molecular formula is C15H26N2. The molecule has 2 unspecified atom stereocenters. The van der Waals surface area contributed by atoms with Gasteiger partial charge in [0.1, 0.15) is 0 Å². The lowest BCUT2D eigenvalue weighted by Crippen LogP contribution is -2.37. The van der Waals surface area contributed by atoms with Gasteiger partial charge in [-0.3, -0.25) is 0 Å². The van der Waals surface area contributed by atoms with Gasteiger partial charge >= 0.3 is 0 Å². The summed E-state index contributed by atoms with van der Waals surface area (Å²) >= 11 is 0. The van der Waals surface area contributed by atoms with E-state index in [1.807, 2.05) is 6.07 Å². The van der Waals surface area contributed by atoms with Gasteiger partial charge in [0, 0.05) is 18.6 Å². The molecule has 0 fully saturated rings. The Kier molecular flexibility index (Phi) is 5.66. The topological polar surface area (TPSA) is 29.3 Å². The van der Waals surface area contributed by atoms with E-state index in [4.69, 9.17) is 5.73 Å². The molecule has 0 bridgehead atoms. The Labute approximate surface area is 106 Å². The van der Waals surface area contributed by atoms with Crippen LogP contribution < -0.4 is 5.73 Å². The van der Waals surface area contributed by atoms with Gasteiger partial charge < -0.3 is 10.6 Å². The molecule has 0 saturated heterocycles. The molecule has 1 rings (SSSR count). The molecule has 0 saturated carbocycles. The summed E-state index contributed by atoms with van der Waals surface area (Å²) in [6.45, 7) is 11.1. The zero-order valence-electron chi connectivity index (χ0n) is 11.6. The van der Waals surface area contributed by atoms with Crippen molar-refractivity contribution in [3.63, 3.8) is 0 Å². The Hall–Kier alpha value is -0.860. The molecule has 96 valence electrons. The highest BCUT2D eigenvalue weighted by molar-refractivity contribution is 5.19. The van der Waals surface area contributed by atoms with E-state index in [0.29, 0.717) is 12.0 Å². The Morgan fingerprint density at radius 1 is 1.12 bits per heavy atom. The zero-order valence-corrected chi connectivity index (χ0v) is 11.6. The predicted octanol–water partition coefficient (Wildman–Crippen LogP) is 3.05. The molecule has 0 aromatic heterocycles. The van der Waals surface area contributed by atoms with Crippen molar-refractivity contribution in [2.75, 3.05) is 13.1 Å². The summed E-state index contributed by atoms with van der Waals surface area (Å²) in [4.78, 5) is 2.47. The highest BCUT2D eigenvalue weighted by Crippen LogP contribution is 2.20. The highest BCUT2D eigenvalue weighted by atomic mass is 15.1. The first-order valence-corrected chi connectivity index (χ1v) is 6.60. The fraction of sp³-hybridized carbons (Fsp3) is 0.600. The van der Waals surface area contributed by atoms with Crippen molar-refractivity contribution in [3.8, 4) is 0 Å². The summed E-state index contributed by atoms with van der Waals surface area (Å²) < 4.78 is 0. The lowest BCUT2D eigenvalue weighted by molar-refractivity contribution is 0.190. The van der Waals surface area contributed by atoms with E-state index >= 15 is 0 Å². The van der Waals surface area contributed by atoms with Gasteiger partial charge in [0.15, 0.2) is 0 Å². The maximum Gasteiger partial charge on any atom is 0.0333 e. The molecule has 0 radical (unpaired) electrons. The van der Waals surface area contributed by atoms with Crippen LogP contribution >= 0.6 is 0 Å². The van der Waals surface area contributed by atoms with Crippen LogP contribution in [0.15, 0.2) is 30.3 Å². The van der Waals surface area contributed by atoms with Gasteiger partial charge in [-0.05, 0) is 31.9 Å². The minimum Gasteiger partial charge on any atom is -0.324 e. The number of hydrogen-bond acceptors (Lipinski definition) is 2. The van der Waals surface area contributed by atoms with Gasteiger partial charge in [-0.25, -0.2) is 0 Å². The van der Waals surface area contributed by atoms with Crippen molar-refractivity contribution < 1.29 is 0 Å². The summed E-state index contributed by atoms with van der Waals surface area (Å²) in [6.07, 6.45) is 0. The molecule has 0 aliphatic heterocycles. The maximum absolute atomic E-state index is 6.31. The van der Waals surface area contributed by atoms with Crippen molar-refractivity contribution in [1.82, 2.24) is 4.90 Å². The summed E-state index contributed by atoms with van der Waals surface area (Å²) in [5, 5.41) is 0. The molecule has 2 N–H and O–H groups in total. The molecule has 2 nitrogen and oxygen atoms in total. The van der Waals surface area contributed by atoms with Crippen molar-refractivity contribution >= 4 is 0 Å². The smallest absolute Gasteiger partial charge is 0.0333 e. The summed E-state index contributed by atoms with van der Waals surface area (Å²) in [5.41, 5.74) is 7.55. The van der Waals surface area contributed by atoms with Gasteiger partial charge in [-0.15, -0.1) is 0 Å². The van der Waals surface area contributed by atoms with Crippen molar-refractivity contribution in [2.45, 2.75) is 39.8 Å². The van der Waals surface area contributed by atoms with Gasteiger partial charge in [0.25, 0.3) is 0 Å².